The van der Waals surface area contributed by atoms with Crippen molar-refractivity contribution in [1.29, 1.82) is 0 Å². The van der Waals surface area contributed by atoms with Gasteiger partial charge in [-0.25, -0.2) is 4.68 Å². The molecule has 0 aliphatic rings. The zero-order valence-electron chi connectivity index (χ0n) is 9.47. The predicted octanol–water partition coefficient (Wildman–Crippen LogP) is 4.75. The van der Waals surface area contributed by atoms with Gasteiger partial charge in [0.25, 0.3) is 0 Å². The van der Waals surface area contributed by atoms with E-state index < -0.39 is 0 Å². The molecule has 0 atom stereocenters. The molecule has 17 heavy (non-hydrogen) atoms. The molecule has 2 nitrogen and oxygen atoms in total. The first kappa shape index (κ1) is 13.1. The van der Waals surface area contributed by atoms with Gasteiger partial charge in [0.1, 0.15) is 0 Å². The van der Waals surface area contributed by atoms with Crippen molar-refractivity contribution in [2.75, 3.05) is 0 Å². The molecule has 0 bridgehead atoms. The molecule has 0 spiro atoms. The third-order valence-corrected chi connectivity index (χ3v) is 4.55. The number of nitrogens with zero attached hydrogens (tertiary/aromatic N) is 2. The normalized spacial score (nSPS) is 10.9. The van der Waals surface area contributed by atoms with E-state index in [0.717, 1.165) is 31.6 Å². The number of halogens is 3. The third-order valence-electron chi connectivity index (χ3n) is 2.62. The molecule has 0 radical (unpaired) electrons. The first-order valence-corrected chi connectivity index (χ1v) is 7.23. The van der Waals surface area contributed by atoms with Gasteiger partial charge in [0.15, 0.2) is 0 Å². The van der Waals surface area contributed by atoms with Crippen molar-refractivity contribution in [3.63, 3.8) is 0 Å². The van der Waals surface area contributed by atoms with Gasteiger partial charge in [0.05, 0.1) is 21.5 Å². The Kier molecular flexibility index (Phi) is 3.95. The van der Waals surface area contributed by atoms with Gasteiger partial charge in [-0.15, -0.1) is 11.6 Å². The molecule has 90 valence electrons. The number of rotatable bonds is 2. The van der Waals surface area contributed by atoms with Crippen LogP contribution < -0.4 is 0 Å². The summed E-state index contributed by atoms with van der Waals surface area (Å²) in [6.07, 6.45) is 0. The lowest BCUT2D eigenvalue weighted by atomic mass is 10.2. The highest BCUT2D eigenvalue weighted by Crippen LogP contribution is 2.27. The highest BCUT2D eigenvalue weighted by atomic mass is 79.9. The largest absolute Gasteiger partial charge is 0.236 e. The molecule has 0 unspecified atom stereocenters. The van der Waals surface area contributed by atoms with E-state index in [4.69, 9.17) is 11.6 Å². The second-order valence-electron chi connectivity index (χ2n) is 3.80. The Morgan fingerprint density at radius 2 is 2.00 bits per heavy atom. The SMILES string of the molecule is Cc1nn(-c2cc(Br)ccc2CCl)c(C)c1Br. The molecule has 1 aromatic heterocycles. The van der Waals surface area contributed by atoms with E-state index in [1.54, 1.807) is 0 Å². The Bertz CT molecular complexity index is 564. The zero-order valence-corrected chi connectivity index (χ0v) is 13.4. The van der Waals surface area contributed by atoms with Crippen LogP contribution in [-0.2, 0) is 5.88 Å². The number of aryl methyl sites for hydroxylation is 1. The summed E-state index contributed by atoms with van der Waals surface area (Å²) in [5.74, 6) is 0.471. The van der Waals surface area contributed by atoms with Crippen molar-refractivity contribution < 1.29 is 0 Å². The van der Waals surface area contributed by atoms with Crippen LogP contribution in [0, 0.1) is 13.8 Å². The van der Waals surface area contributed by atoms with Gasteiger partial charge in [-0.3, -0.25) is 0 Å². The summed E-state index contributed by atoms with van der Waals surface area (Å²) in [5.41, 5.74) is 4.13. The maximum atomic E-state index is 5.97. The summed E-state index contributed by atoms with van der Waals surface area (Å²) < 4.78 is 3.98. The van der Waals surface area contributed by atoms with Gasteiger partial charge < -0.3 is 0 Å². The highest BCUT2D eigenvalue weighted by Gasteiger charge is 2.13. The number of benzene rings is 1. The molecule has 2 rings (SSSR count). The van der Waals surface area contributed by atoms with Crippen molar-refractivity contribution in [3.8, 4) is 5.69 Å². The van der Waals surface area contributed by atoms with Crippen molar-refractivity contribution in [2.45, 2.75) is 19.7 Å². The molecule has 5 heteroatoms. The van der Waals surface area contributed by atoms with Gasteiger partial charge in [-0.05, 0) is 47.5 Å². The minimum atomic E-state index is 0.471. The van der Waals surface area contributed by atoms with E-state index in [1.807, 2.05) is 36.7 Å². The molecular formula is C12H11Br2ClN2. The molecule has 2 aromatic rings. The smallest absolute Gasteiger partial charge is 0.0743 e. The average molecular weight is 378 g/mol. The lowest BCUT2D eigenvalue weighted by molar-refractivity contribution is 0.825. The van der Waals surface area contributed by atoms with Crippen LogP contribution in [-0.4, -0.2) is 9.78 Å². The molecule has 0 saturated carbocycles. The molecule has 0 saturated heterocycles. The first-order valence-electron chi connectivity index (χ1n) is 5.11. The van der Waals surface area contributed by atoms with Crippen LogP contribution in [0.15, 0.2) is 27.1 Å². The number of alkyl halides is 1. The number of hydrogen-bond donors (Lipinski definition) is 0. The Labute approximate surface area is 122 Å². The third kappa shape index (κ3) is 2.44. The van der Waals surface area contributed by atoms with E-state index in [2.05, 4.69) is 37.0 Å². The Hall–Kier alpha value is -0.320. The fourth-order valence-corrected chi connectivity index (χ4v) is 2.53. The lowest BCUT2D eigenvalue weighted by Gasteiger charge is -2.10. The fourth-order valence-electron chi connectivity index (χ4n) is 1.71. The molecule has 0 fully saturated rings. The minimum Gasteiger partial charge on any atom is -0.236 e. The van der Waals surface area contributed by atoms with E-state index in [0.29, 0.717) is 5.88 Å². The van der Waals surface area contributed by atoms with Gasteiger partial charge in [-0.1, -0.05) is 22.0 Å². The summed E-state index contributed by atoms with van der Waals surface area (Å²) in [4.78, 5) is 0. The summed E-state index contributed by atoms with van der Waals surface area (Å²) in [6, 6.07) is 6.03. The predicted molar refractivity (Wildman–Crippen MR) is 78.0 cm³/mol. The van der Waals surface area contributed by atoms with Gasteiger partial charge in [0, 0.05) is 10.4 Å². The molecule has 0 N–H and O–H groups in total. The Balaban J connectivity index is 2.67. The maximum Gasteiger partial charge on any atom is 0.0743 e. The lowest BCUT2D eigenvalue weighted by Crippen LogP contribution is -2.02. The molecular weight excluding hydrogens is 367 g/mol. The second-order valence-corrected chi connectivity index (χ2v) is 5.78. The molecule has 1 aromatic carbocycles. The molecule has 0 amide bonds. The molecule has 1 heterocycles. The van der Waals surface area contributed by atoms with E-state index in [1.165, 1.54) is 0 Å². The quantitative estimate of drug-likeness (QED) is 0.690. The van der Waals surface area contributed by atoms with Crippen LogP contribution in [0.2, 0.25) is 0 Å². The van der Waals surface area contributed by atoms with Crippen molar-refractivity contribution in [2.24, 2.45) is 0 Å². The van der Waals surface area contributed by atoms with Gasteiger partial charge in [-0.2, -0.15) is 5.10 Å². The summed E-state index contributed by atoms with van der Waals surface area (Å²) in [5, 5.41) is 4.52. The average Bonchev–Trinajstić information content (AvgIpc) is 2.57. The topological polar surface area (TPSA) is 17.8 Å². The van der Waals surface area contributed by atoms with Gasteiger partial charge in [0.2, 0.25) is 0 Å². The van der Waals surface area contributed by atoms with Crippen LogP contribution in [0.4, 0.5) is 0 Å². The van der Waals surface area contributed by atoms with Crippen LogP contribution in [0.1, 0.15) is 17.0 Å². The summed E-state index contributed by atoms with van der Waals surface area (Å²) >= 11 is 13.0. The van der Waals surface area contributed by atoms with Crippen molar-refractivity contribution in [1.82, 2.24) is 9.78 Å². The molecule has 0 aliphatic heterocycles. The van der Waals surface area contributed by atoms with Crippen LogP contribution in [0.25, 0.3) is 5.69 Å². The standard InChI is InChI=1S/C12H11Br2ClN2/c1-7-12(14)8(2)17(16-7)11-5-10(13)4-3-9(11)6-15/h3-5H,6H2,1-2H3. The number of aromatic nitrogens is 2. The van der Waals surface area contributed by atoms with Crippen LogP contribution >= 0.6 is 43.5 Å². The summed E-state index contributed by atoms with van der Waals surface area (Å²) in [7, 11) is 0. The van der Waals surface area contributed by atoms with Crippen LogP contribution in [0.3, 0.4) is 0 Å². The van der Waals surface area contributed by atoms with Crippen molar-refractivity contribution >= 4 is 43.5 Å². The molecule has 0 aliphatic carbocycles. The maximum absolute atomic E-state index is 5.97. The minimum absolute atomic E-state index is 0.471. The Morgan fingerprint density at radius 3 is 2.53 bits per heavy atom. The fraction of sp³-hybridized carbons (Fsp3) is 0.250. The second kappa shape index (κ2) is 5.12. The van der Waals surface area contributed by atoms with E-state index >= 15 is 0 Å². The highest BCUT2D eigenvalue weighted by molar-refractivity contribution is 9.10. The van der Waals surface area contributed by atoms with Crippen molar-refractivity contribution in [3.05, 3.63) is 44.1 Å². The summed E-state index contributed by atoms with van der Waals surface area (Å²) in [6.45, 7) is 4.01. The zero-order chi connectivity index (χ0) is 12.6. The van der Waals surface area contributed by atoms with E-state index in [-0.39, 0.29) is 0 Å². The number of hydrogen-bond acceptors (Lipinski definition) is 1. The first-order chi connectivity index (χ1) is 8.04. The monoisotopic (exact) mass is 376 g/mol. The van der Waals surface area contributed by atoms with Crippen LogP contribution in [0.5, 0.6) is 0 Å². The Morgan fingerprint density at radius 1 is 1.29 bits per heavy atom. The van der Waals surface area contributed by atoms with Gasteiger partial charge >= 0.3 is 0 Å². The van der Waals surface area contributed by atoms with E-state index in [9.17, 15) is 0 Å².